The van der Waals surface area contributed by atoms with Gasteiger partial charge in [-0.15, -0.1) is 11.3 Å². The first kappa shape index (κ1) is 16.9. The molecule has 0 unspecified atom stereocenters. The Kier molecular flexibility index (Phi) is 4.09. The Bertz CT molecular complexity index is 826. The van der Waals surface area contributed by atoms with E-state index in [-0.39, 0.29) is 42.8 Å². The summed E-state index contributed by atoms with van der Waals surface area (Å²) in [7, 11) is -3.52. The maximum absolute atomic E-state index is 12.7. The van der Waals surface area contributed by atoms with E-state index in [1.807, 2.05) is 25.1 Å². The number of rotatable bonds is 4. The lowest BCUT2D eigenvalue weighted by atomic mass is 9.85. The van der Waals surface area contributed by atoms with E-state index in [0.29, 0.717) is 17.1 Å². The van der Waals surface area contributed by atoms with Gasteiger partial charge >= 0.3 is 0 Å². The quantitative estimate of drug-likeness (QED) is 0.588. The van der Waals surface area contributed by atoms with Crippen molar-refractivity contribution >= 4 is 33.2 Å². The van der Waals surface area contributed by atoms with Gasteiger partial charge in [0.15, 0.2) is 0 Å². The van der Waals surface area contributed by atoms with Gasteiger partial charge < -0.3 is 0 Å². The summed E-state index contributed by atoms with van der Waals surface area (Å²) in [5.41, 5.74) is 0. The zero-order valence-electron chi connectivity index (χ0n) is 13.9. The molecule has 3 aliphatic rings. The normalized spacial score (nSPS) is 27.6. The third-order valence-electron chi connectivity index (χ3n) is 5.32. The molecule has 0 radical (unpaired) electrons. The summed E-state index contributed by atoms with van der Waals surface area (Å²) in [5, 5.41) is 0. The Labute approximate surface area is 151 Å². The Balaban J connectivity index is 1.47. The molecule has 2 fully saturated rings. The first-order valence-corrected chi connectivity index (χ1v) is 10.8. The number of allylic oxidation sites excluding steroid dienone is 2. The van der Waals surface area contributed by atoms with Crippen LogP contribution in [0, 0.1) is 11.8 Å². The Morgan fingerprint density at radius 2 is 1.68 bits per heavy atom. The maximum Gasteiger partial charge on any atom is 0.252 e. The number of fused-ring (bicyclic) bond motifs is 1. The first-order valence-electron chi connectivity index (χ1n) is 8.54. The molecular formula is C17H20N2O4S2. The topological polar surface area (TPSA) is 74.8 Å². The Morgan fingerprint density at radius 3 is 2.20 bits per heavy atom. The minimum Gasteiger partial charge on any atom is -0.276 e. The van der Waals surface area contributed by atoms with E-state index in [1.54, 1.807) is 6.07 Å². The van der Waals surface area contributed by atoms with Crippen LogP contribution in [0.3, 0.4) is 0 Å². The van der Waals surface area contributed by atoms with Gasteiger partial charge in [-0.1, -0.05) is 19.1 Å². The number of amides is 2. The standard InChI is InChI=1S/C17H20N2O4S2/c1-2-12-7-8-15(24-12)25(22,23)18-9-11(10-18)19-16(20)13-5-3-4-6-14(13)17(19)21/h3-4,7-8,11,13-14H,2,5-6,9-10H2,1H3/t13-,14-/m1/s1. The van der Waals surface area contributed by atoms with Gasteiger partial charge in [-0.25, -0.2) is 8.42 Å². The van der Waals surface area contributed by atoms with Crippen molar-refractivity contribution in [3.05, 3.63) is 29.2 Å². The highest BCUT2D eigenvalue weighted by molar-refractivity contribution is 7.91. The molecule has 0 aromatic carbocycles. The van der Waals surface area contributed by atoms with Crippen LogP contribution in [0.1, 0.15) is 24.6 Å². The van der Waals surface area contributed by atoms with Crippen LogP contribution in [0.5, 0.6) is 0 Å². The molecule has 0 bridgehead atoms. The van der Waals surface area contributed by atoms with Crippen molar-refractivity contribution in [2.75, 3.05) is 13.1 Å². The zero-order chi connectivity index (χ0) is 17.8. The van der Waals surface area contributed by atoms with Crippen LogP contribution in [-0.2, 0) is 26.0 Å². The molecule has 1 aromatic rings. The summed E-state index contributed by atoms with van der Waals surface area (Å²) in [5.74, 6) is -0.781. The minimum atomic E-state index is -3.52. The van der Waals surface area contributed by atoms with Gasteiger partial charge in [0.05, 0.1) is 17.9 Å². The van der Waals surface area contributed by atoms with Crippen molar-refractivity contribution in [2.24, 2.45) is 11.8 Å². The SMILES string of the molecule is CCc1ccc(S(=O)(=O)N2CC(N3C(=O)[C@@H]4CC=CC[C@H]4C3=O)C2)s1. The fourth-order valence-corrected chi connectivity index (χ4v) is 6.74. The molecule has 2 aliphatic heterocycles. The number of likely N-dealkylation sites (tertiary alicyclic amines) is 1. The number of hydrogen-bond donors (Lipinski definition) is 0. The van der Waals surface area contributed by atoms with Gasteiger partial charge in [0.1, 0.15) is 4.21 Å². The van der Waals surface area contributed by atoms with Crippen LogP contribution in [0.15, 0.2) is 28.5 Å². The van der Waals surface area contributed by atoms with E-state index in [4.69, 9.17) is 0 Å². The largest absolute Gasteiger partial charge is 0.276 e. The number of hydrogen-bond acceptors (Lipinski definition) is 5. The predicted octanol–water partition coefficient (Wildman–Crippen LogP) is 1.63. The number of thiophene rings is 1. The van der Waals surface area contributed by atoms with E-state index in [1.165, 1.54) is 20.5 Å². The average Bonchev–Trinajstić information content (AvgIpc) is 3.14. The fraction of sp³-hybridized carbons (Fsp3) is 0.529. The molecule has 1 aliphatic carbocycles. The number of nitrogens with zero attached hydrogens (tertiary/aromatic N) is 2. The van der Waals surface area contributed by atoms with Crippen molar-refractivity contribution in [3.8, 4) is 0 Å². The lowest BCUT2D eigenvalue weighted by Gasteiger charge is -2.41. The van der Waals surface area contributed by atoms with E-state index in [0.717, 1.165) is 11.3 Å². The number of aryl methyl sites for hydroxylation is 1. The van der Waals surface area contributed by atoms with E-state index in [2.05, 4.69) is 0 Å². The summed E-state index contributed by atoms with van der Waals surface area (Å²) in [6.07, 6.45) is 5.92. The van der Waals surface area contributed by atoms with Crippen LogP contribution in [0.2, 0.25) is 0 Å². The maximum atomic E-state index is 12.7. The highest BCUT2D eigenvalue weighted by atomic mass is 32.2. The number of carbonyl (C=O) groups excluding carboxylic acids is 2. The third kappa shape index (κ3) is 2.58. The van der Waals surface area contributed by atoms with Crippen molar-refractivity contribution in [3.63, 3.8) is 0 Å². The van der Waals surface area contributed by atoms with Crippen LogP contribution >= 0.6 is 11.3 Å². The number of carbonyl (C=O) groups is 2. The lowest BCUT2D eigenvalue weighted by Crippen LogP contribution is -2.62. The molecule has 3 heterocycles. The zero-order valence-corrected chi connectivity index (χ0v) is 15.6. The van der Waals surface area contributed by atoms with Crippen LogP contribution in [0.25, 0.3) is 0 Å². The van der Waals surface area contributed by atoms with Crippen molar-refractivity contribution in [2.45, 2.75) is 36.4 Å². The monoisotopic (exact) mass is 380 g/mol. The van der Waals surface area contributed by atoms with Gasteiger partial charge in [-0.3, -0.25) is 14.5 Å². The molecule has 2 amide bonds. The molecule has 1 aromatic heterocycles. The summed E-state index contributed by atoms with van der Waals surface area (Å²) < 4.78 is 27.0. The fourth-order valence-electron chi connectivity index (χ4n) is 3.78. The smallest absolute Gasteiger partial charge is 0.252 e. The molecular weight excluding hydrogens is 360 g/mol. The van der Waals surface area contributed by atoms with Gasteiger partial charge in [0.2, 0.25) is 11.8 Å². The van der Waals surface area contributed by atoms with Crippen LogP contribution in [-0.4, -0.2) is 48.6 Å². The van der Waals surface area contributed by atoms with E-state index < -0.39 is 10.0 Å². The summed E-state index contributed by atoms with van der Waals surface area (Å²) >= 11 is 1.28. The third-order valence-corrected chi connectivity index (χ3v) is 8.84. The van der Waals surface area contributed by atoms with Crippen molar-refractivity contribution in [1.29, 1.82) is 0 Å². The molecule has 2 saturated heterocycles. The second-order valence-corrected chi connectivity index (χ2v) is 10.1. The highest BCUT2D eigenvalue weighted by Crippen LogP contribution is 2.38. The minimum absolute atomic E-state index is 0.134. The molecule has 4 rings (SSSR count). The molecule has 25 heavy (non-hydrogen) atoms. The number of sulfonamides is 1. The van der Waals surface area contributed by atoms with E-state index in [9.17, 15) is 18.0 Å². The van der Waals surface area contributed by atoms with Crippen molar-refractivity contribution in [1.82, 2.24) is 9.21 Å². The van der Waals surface area contributed by atoms with Gasteiger partial charge in [0, 0.05) is 18.0 Å². The van der Waals surface area contributed by atoms with E-state index >= 15 is 0 Å². The summed E-state index contributed by atoms with van der Waals surface area (Å²) in [6, 6.07) is 3.14. The molecule has 134 valence electrons. The predicted molar refractivity (Wildman–Crippen MR) is 93.5 cm³/mol. The Hall–Kier alpha value is -1.51. The van der Waals surface area contributed by atoms with Gasteiger partial charge in [-0.05, 0) is 31.4 Å². The highest BCUT2D eigenvalue weighted by Gasteiger charge is 2.53. The summed E-state index contributed by atoms with van der Waals surface area (Å²) in [4.78, 5) is 27.5. The lowest BCUT2D eigenvalue weighted by molar-refractivity contribution is -0.145. The molecule has 8 heteroatoms. The second kappa shape index (κ2) is 6.03. The molecule has 0 N–H and O–H groups in total. The number of imide groups is 1. The Morgan fingerprint density at radius 1 is 1.08 bits per heavy atom. The molecule has 0 spiro atoms. The molecule has 2 atom stereocenters. The van der Waals surface area contributed by atoms with Crippen LogP contribution < -0.4 is 0 Å². The van der Waals surface area contributed by atoms with Gasteiger partial charge in [-0.2, -0.15) is 4.31 Å². The first-order chi connectivity index (χ1) is 11.9. The molecule has 6 nitrogen and oxygen atoms in total. The van der Waals surface area contributed by atoms with Crippen molar-refractivity contribution < 1.29 is 18.0 Å². The van der Waals surface area contributed by atoms with Gasteiger partial charge in [0.25, 0.3) is 10.0 Å². The van der Waals surface area contributed by atoms with Crippen LogP contribution in [0.4, 0.5) is 0 Å². The second-order valence-electron chi connectivity index (χ2n) is 6.75. The summed E-state index contributed by atoms with van der Waals surface area (Å²) in [6.45, 7) is 2.39. The average molecular weight is 380 g/mol. The molecule has 0 saturated carbocycles.